The van der Waals surface area contributed by atoms with E-state index < -0.39 is 0 Å². The third kappa shape index (κ3) is 3.60. The maximum atomic E-state index is 6.98. The molecule has 284 valence electrons. The molecule has 0 radical (unpaired) electrons. The largest absolute Gasteiger partial charge is 0.454 e. The molecule has 6 aliphatic rings. The Morgan fingerprint density at radius 2 is 1.26 bits per heavy atom. The van der Waals surface area contributed by atoms with Crippen LogP contribution in [0.15, 0.2) is 95.4 Å². The van der Waals surface area contributed by atoms with Crippen molar-refractivity contribution in [1.82, 2.24) is 4.57 Å². The maximum absolute atomic E-state index is 6.98. The van der Waals surface area contributed by atoms with Gasteiger partial charge in [0.25, 0.3) is 6.71 Å². The Balaban J connectivity index is 1.22. The van der Waals surface area contributed by atoms with Crippen molar-refractivity contribution in [2.75, 3.05) is 9.80 Å². The van der Waals surface area contributed by atoms with Crippen molar-refractivity contribution in [1.29, 1.82) is 0 Å². The fourth-order valence-electron chi connectivity index (χ4n) is 13.9. The van der Waals surface area contributed by atoms with Crippen LogP contribution < -0.4 is 26.2 Å². The Hall–Kier alpha value is -4.90. The smallest absolute Gasteiger partial charge is 0.252 e. The van der Waals surface area contributed by atoms with Gasteiger partial charge in [0.05, 0.1) is 16.6 Å². The molecule has 0 spiro atoms. The molecule has 6 heterocycles. The van der Waals surface area contributed by atoms with Crippen LogP contribution in [0.5, 0.6) is 0 Å². The molecule has 2 fully saturated rings. The summed E-state index contributed by atoms with van der Waals surface area (Å²) < 4.78 is 9.65. The van der Waals surface area contributed by atoms with Gasteiger partial charge in [0, 0.05) is 50.0 Å². The van der Waals surface area contributed by atoms with Crippen molar-refractivity contribution >= 4 is 78.8 Å². The van der Waals surface area contributed by atoms with E-state index >= 15 is 0 Å². The first-order valence-corrected chi connectivity index (χ1v) is 21.9. The highest BCUT2D eigenvalue weighted by molar-refractivity contribution is 7.00. The summed E-state index contributed by atoms with van der Waals surface area (Å²) in [5, 5.41) is 2.43. The molecule has 4 nitrogen and oxygen atoms in total. The third-order valence-corrected chi connectivity index (χ3v) is 17.2. The van der Waals surface area contributed by atoms with Crippen LogP contribution in [0.1, 0.15) is 117 Å². The van der Waals surface area contributed by atoms with Crippen LogP contribution in [0, 0.1) is 0 Å². The van der Waals surface area contributed by atoms with Gasteiger partial charge in [0.2, 0.25) is 0 Å². The van der Waals surface area contributed by atoms with Crippen LogP contribution >= 0.6 is 0 Å². The van der Waals surface area contributed by atoms with Gasteiger partial charge in [-0.25, -0.2) is 0 Å². The van der Waals surface area contributed by atoms with Crippen molar-refractivity contribution in [2.24, 2.45) is 0 Å². The second-order valence-electron chi connectivity index (χ2n) is 20.7. The van der Waals surface area contributed by atoms with E-state index in [9.17, 15) is 0 Å². The van der Waals surface area contributed by atoms with Gasteiger partial charge in [0.1, 0.15) is 11.1 Å². The number of aromatic nitrogens is 1. The summed E-state index contributed by atoms with van der Waals surface area (Å²) >= 11 is 0. The Bertz CT molecular complexity index is 2960. The Labute approximate surface area is 336 Å². The minimum atomic E-state index is -0.0425. The summed E-state index contributed by atoms with van der Waals surface area (Å²) in [5.74, 6) is 0. The minimum Gasteiger partial charge on any atom is -0.454 e. The molecule has 0 bridgehead atoms. The fraction of sp³-hybridized carbons (Fsp3) is 0.385. The lowest BCUT2D eigenvalue weighted by molar-refractivity contribution is 0.194. The van der Waals surface area contributed by atoms with E-state index in [1.807, 2.05) is 0 Å². The van der Waals surface area contributed by atoms with E-state index in [1.165, 1.54) is 129 Å². The molecule has 0 amide bonds. The average Bonchev–Trinajstić information content (AvgIpc) is 3.86. The first-order chi connectivity index (χ1) is 27.4. The van der Waals surface area contributed by atoms with Crippen LogP contribution in [-0.2, 0) is 16.2 Å². The monoisotopic (exact) mass is 745 g/mol. The molecule has 2 aromatic heterocycles. The van der Waals surface area contributed by atoms with Crippen LogP contribution in [-0.4, -0.2) is 22.4 Å². The number of furan rings is 1. The summed E-state index contributed by atoms with van der Waals surface area (Å²) in [7, 11) is 0. The van der Waals surface area contributed by atoms with Crippen molar-refractivity contribution in [3.05, 3.63) is 108 Å². The van der Waals surface area contributed by atoms with E-state index in [1.54, 1.807) is 5.56 Å². The summed E-state index contributed by atoms with van der Waals surface area (Å²) in [6, 6.07) is 35.8. The van der Waals surface area contributed by atoms with E-state index in [0.717, 1.165) is 11.2 Å². The Morgan fingerprint density at radius 3 is 2.05 bits per heavy atom. The number of hydrogen-bond donors (Lipinski definition) is 0. The number of benzene rings is 5. The predicted molar refractivity (Wildman–Crippen MR) is 240 cm³/mol. The molecule has 7 aromatic rings. The van der Waals surface area contributed by atoms with Gasteiger partial charge in [0.15, 0.2) is 5.58 Å². The quantitative estimate of drug-likeness (QED) is 0.156. The molecule has 0 N–H and O–H groups in total. The molecule has 5 aromatic carbocycles. The number of hydrogen-bond acceptors (Lipinski definition) is 3. The van der Waals surface area contributed by atoms with Crippen molar-refractivity contribution in [3.63, 3.8) is 0 Å². The predicted octanol–water partition coefficient (Wildman–Crippen LogP) is 11.5. The van der Waals surface area contributed by atoms with Crippen molar-refractivity contribution < 1.29 is 4.42 Å². The molecule has 0 saturated heterocycles. The Kier molecular flexibility index (Phi) is 5.93. The highest BCUT2D eigenvalue weighted by Gasteiger charge is 2.62. The van der Waals surface area contributed by atoms with E-state index in [0.29, 0.717) is 0 Å². The fourth-order valence-corrected chi connectivity index (χ4v) is 13.9. The molecule has 4 unspecified atom stereocenters. The Morgan fingerprint density at radius 1 is 0.596 bits per heavy atom. The van der Waals surface area contributed by atoms with Gasteiger partial charge >= 0.3 is 0 Å². The van der Waals surface area contributed by atoms with Gasteiger partial charge in [-0.2, -0.15) is 0 Å². The van der Waals surface area contributed by atoms with Gasteiger partial charge in [-0.05, 0) is 114 Å². The zero-order chi connectivity index (χ0) is 38.6. The normalized spacial score (nSPS) is 27.9. The number of fused-ring (bicyclic) bond motifs is 15. The topological polar surface area (TPSA) is 24.6 Å². The van der Waals surface area contributed by atoms with Crippen LogP contribution in [0.4, 0.5) is 22.7 Å². The molecule has 2 saturated carbocycles. The third-order valence-electron chi connectivity index (χ3n) is 17.2. The first kappa shape index (κ1) is 33.1. The van der Waals surface area contributed by atoms with E-state index in [2.05, 4.69) is 154 Å². The van der Waals surface area contributed by atoms with Crippen molar-refractivity contribution in [2.45, 2.75) is 127 Å². The molecule has 5 heteroatoms. The van der Waals surface area contributed by atoms with Gasteiger partial charge < -0.3 is 18.8 Å². The summed E-state index contributed by atoms with van der Waals surface area (Å²) in [6.45, 7) is 17.6. The SMILES string of the molecule is CC(C)(C)c1cc2c3c(c1)c1oc4ccccc4c1n3-c1cc(N3c4ccccc4C4(C)CCCCC34C)cc3c1B2c1cccc2c1N3C1(C)CCCCC21C. The van der Waals surface area contributed by atoms with Crippen LogP contribution in [0.2, 0.25) is 0 Å². The molecular weight excluding hydrogens is 693 g/mol. The zero-order valence-electron chi connectivity index (χ0n) is 34.6. The van der Waals surface area contributed by atoms with Crippen molar-refractivity contribution in [3.8, 4) is 5.69 Å². The van der Waals surface area contributed by atoms with Gasteiger partial charge in [-0.1, -0.05) is 115 Å². The minimum absolute atomic E-state index is 0.0292. The average molecular weight is 746 g/mol. The molecule has 13 rings (SSSR count). The van der Waals surface area contributed by atoms with E-state index in [4.69, 9.17) is 4.42 Å². The lowest BCUT2D eigenvalue weighted by Crippen LogP contribution is -2.64. The summed E-state index contributed by atoms with van der Waals surface area (Å²) in [4.78, 5) is 5.72. The zero-order valence-corrected chi connectivity index (χ0v) is 34.6. The highest BCUT2D eigenvalue weighted by atomic mass is 16.3. The summed E-state index contributed by atoms with van der Waals surface area (Å²) in [5.41, 5.74) is 20.3. The number of rotatable bonds is 1. The lowest BCUT2D eigenvalue weighted by Gasteiger charge is -2.53. The van der Waals surface area contributed by atoms with Crippen LogP contribution in [0.3, 0.4) is 0 Å². The molecule has 4 aliphatic heterocycles. The van der Waals surface area contributed by atoms with Gasteiger partial charge in [-0.15, -0.1) is 0 Å². The standard InChI is InChI=1S/C52H52BN3O/c1-48(2,3)31-27-34-44-38(28-31)53-37-20-16-19-36-46(37)56(52(7)26-15-13-24-50(36,52)5)41-30-32(55-39-21-10-9-18-35(39)49(4)23-12-14-25-51(49,55)6)29-40(43(41)53)54(44)45-33-17-8-11-22-42(33)57-47(34)45/h8-11,16-22,27-30H,12-15,23-26H2,1-7H3. The first-order valence-electron chi connectivity index (χ1n) is 21.9. The number of para-hydroxylation sites is 3. The molecule has 4 atom stereocenters. The molecule has 2 aliphatic carbocycles. The molecule has 57 heavy (non-hydrogen) atoms. The maximum Gasteiger partial charge on any atom is 0.252 e. The second-order valence-corrected chi connectivity index (χ2v) is 20.7. The number of nitrogens with zero attached hydrogens (tertiary/aromatic N) is 3. The number of anilines is 4. The lowest BCUT2D eigenvalue weighted by atomic mass is 9.33. The highest BCUT2D eigenvalue weighted by Crippen LogP contribution is 2.64. The summed E-state index contributed by atoms with van der Waals surface area (Å²) in [6.07, 6.45) is 9.93. The second kappa shape index (κ2) is 10.2. The van der Waals surface area contributed by atoms with Crippen LogP contribution in [0.25, 0.3) is 38.7 Å². The van der Waals surface area contributed by atoms with Gasteiger partial charge in [-0.3, -0.25) is 0 Å². The molecular formula is C52H52BN3O. The van der Waals surface area contributed by atoms with E-state index in [-0.39, 0.29) is 34.0 Å².